The highest BCUT2D eigenvalue weighted by molar-refractivity contribution is 5.79. The van der Waals surface area contributed by atoms with Crippen molar-refractivity contribution in [2.24, 2.45) is 17.3 Å². The molecule has 1 amide bonds. The number of aliphatic carboxylic acids is 1. The molecular formula is C15H27NO3. The van der Waals surface area contributed by atoms with Crippen LogP contribution in [0.2, 0.25) is 0 Å². The van der Waals surface area contributed by atoms with E-state index < -0.39 is 11.4 Å². The van der Waals surface area contributed by atoms with Gasteiger partial charge in [0.2, 0.25) is 5.91 Å². The van der Waals surface area contributed by atoms with Crippen LogP contribution in [0.5, 0.6) is 0 Å². The Labute approximate surface area is 116 Å². The SMILES string of the molecule is CC(C)CCC(=O)NCC1(C(=O)O)CCC(C)CC1. The molecule has 0 aromatic heterocycles. The highest BCUT2D eigenvalue weighted by Crippen LogP contribution is 2.38. The fourth-order valence-electron chi connectivity index (χ4n) is 2.56. The summed E-state index contributed by atoms with van der Waals surface area (Å²) in [4.78, 5) is 23.2. The second kappa shape index (κ2) is 6.92. The zero-order valence-electron chi connectivity index (χ0n) is 12.4. The first-order valence-corrected chi connectivity index (χ1v) is 7.36. The molecule has 0 spiro atoms. The summed E-state index contributed by atoms with van der Waals surface area (Å²) < 4.78 is 0. The van der Waals surface area contributed by atoms with Gasteiger partial charge in [0.25, 0.3) is 0 Å². The minimum absolute atomic E-state index is 0.0204. The monoisotopic (exact) mass is 269 g/mol. The normalized spacial score (nSPS) is 27.3. The molecule has 1 fully saturated rings. The van der Waals surface area contributed by atoms with Gasteiger partial charge < -0.3 is 10.4 Å². The molecular weight excluding hydrogens is 242 g/mol. The van der Waals surface area contributed by atoms with Gasteiger partial charge in [0.1, 0.15) is 0 Å². The van der Waals surface area contributed by atoms with Gasteiger partial charge in [-0.3, -0.25) is 9.59 Å². The Kier molecular flexibility index (Phi) is 5.83. The Morgan fingerprint density at radius 2 is 1.89 bits per heavy atom. The van der Waals surface area contributed by atoms with Gasteiger partial charge >= 0.3 is 5.97 Å². The van der Waals surface area contributed by atoms with E-state index in [4.69, 9.17) is 0 Å². The lowest BCUT2D eigenvalue weighted by Gasteiger charge is -2.35. The van der Waals surface area contributed by atoms with Crippen LogP contribution in [0.3, 0.4) is 0 Å². The van der Waals surface area contributed by atoms with E-state index in [1.54, 1.807) is 0 Å². The number of hydrogen-bond donors (Lipinski definition) is 2. The van der Waals surface area contributed by atoms with E-state index in [1.165, 1.54) is 0 Å². The number of rotatable bonds is 6. The van der Waals surface area contributed by atoms with Crippen LogP contribution < -0.4 is 5.32 Å². The van der Waals surface area contributed by atoms with E-state index in [2.05, 4.69) is 26.1 Å². The number of amides is 1. The summed E-state index contributed by atoms with van der Waals surface area (Å²) in [5.41, 5.74) is -0.736. The Morgan fingerprint density at radius 3 is 2.37 bits per heavy atom. The summed E-state index contributed by atoms with van der Waals surface area (Å²) in [6, 6.07) is 0. The standard InChI is InChI=1S/C15H27NO3/c1-11(2)4-5-13(17)16-10-15(14(18)19)8-6-12(3)7-9-15/h11-12H,4-10H2,1-3H3,(H,16,17)(H,18,19). The summed E-state index contributed by atoms with van der Waals surface area (Å²) in [5, 5.41) is 12.3. The third-order valence-electron chi connectivity index (χ3n) is 4.26. The van der Waals surface area contributed by atoms with Crippen molar-refractivity contribution in [3.8, 4) is 0 Å². The summed E-state index contributed by atoms with van der Waals surface area (Å²) in [5.74, 6) is 0.315. The molecule has 0 atom stereocenters. The molecule has 0 heterocycles. The van der Waals surface area contributed by atoms with Gasteiger partial charge in [-0.05, 0) is 43.9 Å². The Morgan fingerprint density at radius 1 is 1.32 bits per heavy atom. The van der Waals surface area contributed by atoms with Crippen LogP contribution >= 0.6 is 0 Å². The van der Waals surface area contributed by atoms with Crippen molar-refractivity contribution in [1.82, 2.24) is 5.32 Å². The highest BCUT2D eigenvalue weighted by atomic mass is 16.4. The topological polar surface area (TPSA) is 66.4 Å². The third kappa shape index (κ3) is 4.84. The molecule has 19 heavy (non-hydrogen) atoms. The number of carbonyl (C=O) groups is 2. The van der Waals surface area contributed by atoms with Crippen LogP contribution in [0.25, 0.3) is 0 Å². The minimum atomic E-state index is -0.761. The lowest BCUT2D eigenvalue weighted by atomic mass is 9.71. The molecule has 0 radical (unpaired) electrons. The van der Waals surface area contributed by atoms with E-state index in [9.17, 15) is 14.7 Å². The van der Waals surface area contributed by atoms with Crippen molar-refractivity contribution in [2.75, 3.05) is 6.54 Å². The molecule has 0 unspecified atom stereocenters. The Balaban J connectivity index is 2.46. The zero-order valence-corrected chi connectivity index (χ0v) is 12.4. The average Bonchev–Trinajstić information content (AvgIpc) is 2.35. The largest absolute Gasteiger partial charge is 0.481 e. The van der Waals surface area contributed by atoms with Crippen LogP contribution in [0.1, 0.15) is 59.3 Å². The van der Waals surface area contributed by atoms with Gasteiger partial charge in [-0.25, -0.2) is 0 Å². The van der Waals surface area contributed by atoms with Crippen molar-refractivity contribution in [3.05, 3.63) is 0 Å². The van der Waals surface area contributed by atoms with Crippen LogP contribution in [-0.2, 0) is 9.59 Å². The molecule has 0 aromatic carbocycles. The summed E-state index contributed by atoms with van der Waals surface area (Å²) in [6.45, 7) is 6.60. The number of carboxylic acid groups (broad SMARTS) is 1. The number of hydrogen-bond acceptors (Lipinski definition) is 2. The fraction of sp³-hybridized carbons (Fsp3) is 0.867. The predicted molar refractivity (Wildman–Crippen MR) is 74.8 cm³/mol. The van der Waals surface area contributed by atoms with Gasteiger partial charge in [0.05, 0.1) is 5.41 Å². The lowest BCUT2D eigenvalue weighted by Crippen LogP contribution is -2.45. The maximum Gasteiger partial charge on any atom is 0.311 e. The van der Waals surface area contributed by atoms with Gasteiger partial charge in [0, 0.05) is 13.0 Å². The molecule has 1 saturated carbocycles. The molecule has 0 saturated heterocycles. The van der Waals surface area contributed by atoms with Crippen molar-refractivity contribution in [1.29, 1.82) is 0 Å². The molecule has 1 aliphatic rings. The number of carboxylic acids is 1. The van der Waals surface area contributed by atoms with E-state index in [1.807, 2.05) is 0 Å². The first-order valence-electron chi connectivity index (χ1n) is 7.36. The maximum absolute atomic E-state index is 11.7. The number of nitrogens with one attached hydrogen (secondary N) is 1. The fourth-order valence-corrected chi connectivity index (χ4v) is 2.56. The van der Waals surface area contributed by atoms with Crippen molar-refractivity contribution in [3.63, 3.8) is 0 Å². The molecule has 4 nitrogen and oxygen atoms in total. The van der Waals surface area contributed by atoms with E-state index >= 15 is 0 Å². The zero-order chi connectivity index (χ0) is 14.5. The minimum Gasteiger partial charge on any atom is -0.481 e. The van der Waals surface area contributed by atoms with Gasteiger partial charge in [-0.15, -0.1) is 0 Å². The van der Waals surface area contributed by atoms with Crippen molar-refractivity contribution >= 4 is 11.9 Å². The predicted octanol–water partition coefficient (Wildman–Crippen LogP) is 2.82. The Hall–Kier alpha value is -1.06. The van der Waals surface area contributed by atoms with Crippen LogP contribution in [-0.4, -0.2) is 23.5 Å². The van der Waals surface area contributed by atoms with E-state index in [0.717, 1.165) is 19.3 Å². The van der Waals surface area contributed by atoms with E-state index in [0.29, 0.717) is 31.1 Å². The average molecular weight is 269 g/mol. The van der Waals surface area contributed by atoms with E-state index in [-0.39, 0.29) is 12.5 Å². The van der Waals surface area contributed by atoms with Gasteiger partial charge in [-0.2, -0.15) is 0 Å². The molecule has 0 bridgehead atoms. The van der Waals surface area contributed by atoms with Crippen LogP contribution in [0.15, 0.2) is 0 Å². The third-order valence-corrected chi connectivity index (χ3v) is 4.26. The first kappa shape index (κ1) is 16.0. The van der Waals surface area contributed by atoms with Crippen LogP contribution in [0.4, 0.5) is 0 Å². The van der Waals surface area contributed by atoms with Crippen molar-refractivity contribution < 1.29 is 14.7 Å². The van der Waals surface area contributed by atoms with Crippen molar-refractivity contribution in [2.45, 2.75) is 59.3 Å². The second-order valence-electron chi connectivity index (χ2n) is 6.48. The number of carbonyl (C=O) groups excluding carboxylic acids is 1. The molecule has 2 N–H and O–H groups in total. The molecule has 1 aliphatic carbocycles. The smallest absolute Gasteiger partial charge is 0.311 e. The lowest BCUT2D eigenvalue weighted by molar-refractivity contribution is -0.151. The molecule has 0 aliphatic heterocycles. The summed E-state index contributed by atoms with van der Waals surface area (Å²) in [6.07, 6.45) is 4.57. The first-order chi connectivity index (χ1) is 8.85. The summed E-state index contributed by atoms with van der Waals surface area (Å²) >= 11 is 0. The highest BCUT2D eigenvalue weighted by Gasteiger charge is 2.41. The summed E-state index contributed by atoms with van der Waals surface area (Å²) in [7, 11) is 0. The molecule has 4 heteroatoms. The van der Waals surface area contributed by atoms with Crippen LogP contribution in [0, 0.1) is 17.3 Å². The Bertz CT molecular complexity index is 317. The molecule has 0 aromatic rings. The maximum atomic E-state index is 11.7. The molecule has 1 rings (SSSR count). The van der Waals surface area contributed by atoms with Gasteiger partial charge in [-0.1, -0.05) is 20.8 Å². The van der Waals surface area contributed by atoms with Gasteiger partial charge in [0.15, 0.2) is 0 Å². The second-order valence-corrected chi connectivity index (χ2v) is 6.48. The molecule has 110 valence electrons. The quantitative estimate of drug-likeness (QED) is 0.779.